The van der Waals surface area contributed by atoms with Crippen molar-refractivity contribution < 1.29 is 14.4 Å². The van der Waals surface area contributed by atoms with Crippen LogP contribution in [0, 0.1) is 0 Å². The summed E-state index contributed by atoms with van der Waals surface area (Å²) < 4.78 is 0.431. The molecule has 0 aliphatic carbocycles. The number of amides is 3. The Bertz CT molecular complexity index is 640. The highest BCUT2D eigenvalue weighted by atomic mass is 32.2. The monoisotopic (exact) mass is 355 g/mol. The molecule has 2 rings (SSSR count). The van der Waals surface area contributed by atoms with Crippen LogP contribution in [0.1, 0.15) is 18.2 Å². The van der Waals surface area contributed by atoms with Crippen molar-refractivity contribution in [2.75, 3.05) is 6.54 Å². The Labute approximate surface area is 140 Å². The first-order chi connectivity index (χ1) is 10.5. The van der Waals surface area contributed by atoms with Crippen LogP contribution in [0.2, 0.25) is 0 Å². The largest absolute Gasteiger partial charge is 0.292 e. The van der Waals surface area contributed by atoms with Gasteiger partial charge < -0.3 is 0 Å². The highest BCUT2D eigenvalue weighted by Gasteiger charge is 2.32. The number of rotatable bonds is 4. The number of carbonyl (C=O) groups is 3. The van der Waals surface area contributed by atoms with Gasteiger partial charge in [0.25, 0.3) is 5.91 Å². The van der Waals surface area contributed by atoms with Crippen molar-refractivity contribution in [1.29, 1.82) is 0 Å². The normalized spacial score (nSPS) is 16.2. The molecule has 2 N–H and O–H groups in total. The van der Waals surface area contributed by atoms with Gasteiger partial charge in [-0.05, 0) is 17.5 Å². The summed E-state index contributed by atoms with van der Waals surface area (Å²) in [6, 6.07) is 3.82. The molecule has 0 atom stereocenters. The molecular formula is C13H13N3O3S3. The zero-order chi connectivity index (χ0) is 16.1. The minimum atomic E-state index is -0.383. The van der Waals surface area contributed by atoms with E-state index in [4.69, 9.17) is 12.2 Å². The van der Waals surface area contributed by atoms with E-state index < -0.39 is 0 Å². The van der Waals surface area contributed by atoms with E-state index in [1.807, 2.05) is 17.5 Å². The maximum Gasteiger partial charge on any atom is 0.266 e. The minimum absolute atomic E-state index is 0.0546. The number of hydrogen-bond acceptors (Lipinski definition) is 6. The highest BCUT2D eigenvalue weighted by Crippen LogP contribution is 2.33. The van der Waals surface area contributed by atoms with Gasteiger partial charge in [0.15, 0.2) is 0 Å². The Morgan fingerprint density at radius 2 is 2.18 bits per heavy atom. The second-order valence-electron chi connectivity index (χ2n) is 4.33. The summed E-state index contributed by atoms with van der Waals surface area (Å²) in [7, 11) is 0. The quantitative estimate of drug-likeness (QED) is 0.486. The molecule has 0 spiro atoms. The van der Waals surface area contributed by atoms with Crippen LogP contribution < -0.4 is 10.9 Å². The van der Waals surface area contributed by atoms with Crippen molar-refractivity contribution in [2.24, 2.45) is 0 Å². The molecule has 2 heterocycles. The molecular weight excluding hydrogens is 342 g/mol. The smallest absolute Gasteiger partial charge is 0.266 e. The molecule has 9 heteroatoms. The Hall–Kier alpha value is -1.71. The number of carbonyl (C=O) groups excluding carboxylic acids is 3. The van der Waals surface area contributed by atoms with Gasteiger partial charge in [-0.3, -0.25) is 30.1 Å². The van der Waals surface area contributed by atoms with E-state index in [1.165, 1.54) is 34.9 Å². The average Bonchev–Trinajstić information content (AvgIpc) is 3.05. The van der Waals surface area contributed by atoms with E-state index in [0.29, 0.717) is 9.23 Å². The molecule has 116 valence electrons. The number of nitrogens with one attached hydrogen (secondary N) is 2. The van der Waals surface area contributed by atoms with Gasteiger partial charge in [0, 0.05) is 24.8 Å². The van der Waals surface area contributed by atoms with Crippen molar-refractivity contribution in [1.82, 2.24) is 15.8 Å². The summed E-state index contributed by atoms with van der Waals surface area (Å²) in [5.74, 6) is -0.944. The van der Waals surface area contributed by atoms with Gasteiger partial charge in [-0.1, -0.05) is 30.0 Å². The third-order valence-electron chi connectivity index (χ3n) is 2.63. The lowest BCUT2D eigenvalue weighted by molar-refractivity contribution is -0.128. The number of thiophene rings is 1. The fourth-order valence-electron chi connectivity index (χ4n) is 1.63. The fourth-order valence-corrected chi connectivity index (χ4v) is 3.66. The summed E-state index contributed by atoms with van der Waals surface area (Å²) in [6.07, 6.45) is 1.85. The van der Waals surface area contributed by atoms with E-state index in [1.54, 1.807) is 6.08 Å². The third kappa shape index (κ3) is 4.39. The zero-order valence-corrected chi connectivity index (χ0v) is 14.1. The molecule has 22 heavy (non-hydrogen) atoms. The lowest BCUT2D eigenvalue weighted by Crippen LogP contribution is -2.42. The molecule has 0 radical (unpaired) electrons. The molecule has 1 saturated heterocycles. The summed E-state index contributed by atoms with van der Waals surface area (Å²) in [4.78, 5) is 37.4. The van der Waals surface area contributed by atoms with Crippen molar-refractivity contribution in [3.63, 3.8) is 0 Å². The lowest BCUT2D eigenvalue weighted by atomic mass is 10.3. The van der Waals surface area contributed by atoms with Gasteiger partial charge in [-0.25, -0.2) is 0 Å². The first-order valence-corrected chi connectivity index (χ1v) is 8.42. The Morgan fingerprint density at radius 3 is 2.82 bits per heavy atom. The van der Waals surface area contributed by atoms with Crippen molar-refractivity contribution in [3.8, 4) is 0 Å². The van der Waals surface area contributed by atoms with Crippen molar-refractivity contribution in [3.05, 3.63) is 27.3 Å². The number of nitrogens with zero attached hydrogens (tertiary/aromatic N) is 1. The number of thiocarbonyl (C=S) groups is 1. The maximum atomic E-state index is 12.3. The predicted molar refractivity (Wildman–Crippen MR) is 90.8 cm³/mol. The molecule has 6 nitrogen and oxygen atoms in total. The van der Waals surface area contributed by atoms with Crippen LogP contribution >= 0.6 is 35.3 Å². The van der Waals surface area contributed by atoms with E-state index >= 15 is 0 Å². The Kier molecular flexibility index (Phi) is 5.69. The van der Waals surface area contributed by atoms with Gasteiger partial charge in [-0.15, -0.1) is 11.3 Å². The van der Waals surface area contributed by atoms with E-state index in [-0.39, 0.29) is 30.7 Å². The maximum absolute atomic E-state index is 12.3. The number of hydrazine groups is 1. The van der Waals surface area contributed by atoms with Crippen LogP contribution in [0.25, 0.3) is 6.08 Å². The highest BCUT2D eigenvalue weighted by molar-refractivity contribution is 8.26. The van der Waals surface area contributed by atoms with Crippen molar-refractivity contribution in [2.45, 2.75) is 13.3 Å². The SMILES string of the molecule is CC(=O)NNC(=O)CCN1C(=O)/C(=C\c2cccs2)SC1=S. The van der Waals surface area contributed by atoms with Crippen molar-refractivity contribution >= 4 is 63.4 Å². The number of thioether (sulfide) groups is 1. The van der Waals surface area contributed by atoms with Crippen LogP contribution in [-0.4, -0.2) is 33.5 Å². The molecule has 0 saturated carbocycles. The molecule has 0 aromatic carbocycles. The molecule has 3 amide bonds. The van der Waals surface area contributed by atoms with Crippen LogP contribution in [0.5, 0.6) is 0 Å². The standard InChI is InChI=1S/C13H13N3O3S3/c1-8(17)14-15-11(18)4-5-16-12(19)10(22-13(16)20)7-9-3-2-6-21-9/h2-3,6-7H,4-5H2,1H3,(H,14,17)(H,15,18)/b10-7+. The first-order valence-electron chi connectivity index (χ1n) is 6.31. The summed E-state index contributed by atoms with van der Waals surface area (Å²) in [6.45, 7) is 1.47. The topological polar surface area (TPSA) is 78.5 Å². The molecule has 1 aromatic heterocycles. The van der Waals surface area contributed by atoms with E-state index in [0.717, 1.165) is 4.88 Å². The fraction of sp³-hybridized carbons (Fsp3) is 0.231. The molecule has 0 bridgehead atoms. The van der Waals surface area contributed by atoms with Gasteiger partial charge >= 0.3 is 0 Å². The van der Waals surface area contributed by atoms with E-state index in [9.17, 15) is 14.4 Å². The molecule has 0 unspecified atom stereocenters. The first kappa shape index (κ1) is 16.7. The zero-order valence-electron chi connectivity index (χ0n) is 11.6. The lowest BCUT2D eigenvalue weighted by Gasteiger charge is -2.14. The predicted octanol–water partition coefficient (Wildman–Crippen LogP) is 1.51. The van der Waals surface area contributed by atoms with Crippen LogP contribution in [-0.2, 0) is 14.4 Å². The minimum Gasteiger partial charge on any atom is -0.292 e. The molecule has 1 aromatic rings. The second-order valence-corrected chi connectivity index (χ2v) is 6.98. The Morgan fingerprint density at radius 1 is 1.41 bits per heavy atom. The summed E-state index contributed by atoms with van der Waals surface area (Å²) in [5, 5.41) is 1.93. The summed E-state index contributed by atoms with van der Waals surface area (Å²) in [5.41, 5.74) is 4.44. The van der Waals surface area contributed by atoms with Gasteiger partial charge in [-0.2, -0.15) is 0 Å². The van der Waals surface area contributed by atoms with Crippen LogP contribution in [0.15, 0.2) is 22.4 Å². The van der Waals surface area contributed by atoms with Crippen LogP contribution in [0.3, 0.4) is 0 Å². The van der Waals surface area contributed by atoms with Gasteiger partial charge in [0.05, 0.1) is 4.91 Å². The second kappa shape index (κ2) is 7.52. The Balaban J connectivity index is 1.92. The average molecular weight is 355 g/mol. The molecule has 1 fully saturated rings. The van der Waals surface area contributed by atoms with Gasteiger partial charge in [0.1, 0.15) is 4.32 Å². The number of hydrogen-bond donors (Lipinski definition) is 2. The van der Waals surface area contributed by atoms with Gasteiger partial charge in [0.2, 0.25) is 11.8 Å². The third-order valence-corrected chi connectivity index (χ3v) is 4.83. The van der Waals surface area contributed by atoms with E-state index in [2.05, 4.69) is 10.9 Å². The molecule has 1 aliphatic rings. The van der Waals surface area contributed by atoms with Crippen LogP contribution in [0.4, 0.5) is 0 Å². The molecule has 1 aliphatic heterocycles. The summed E-state index contributed by atoms with van der Waals surface area (Å²) >= 11 is 7.94.